The van der Waals surface area contributed by atoms with Gasteiger partial charge in [-0.2, -0.15) is 4.31 Å². The molecular weight excluding hydrogens is 436 g/mol. The maximum absolute atomic E-state index is 13.4. The maximum atomic E-state index is 13.4. The van der Waals surface area contributed by atoms with Gasteiger partial charge in [0.25, 0.3) is 5.91 Å². The van der Waals surface area contributed by atoms with E-state index in [-0.39, 0.29) is 16.6 Å². The Hall–Kier alpha value is -2.64. The number of anilines is 1. The summed E-state index contributed by atoms with van der Waals surface area (Å²) in [6, 6.07) is 10.6. The Kier molecular flexibility index (Phi) is 7.97. The van der Waals surface area contributed by atoms with Crippen LogP contribution >= 0.6 is 0 Å². The van der Waals surface area contributed by atoms with Gasteiger partial charge in [-0.1, -0.05) is 44.4 Å². The van der Waals surface area contributed by atoms with Crippen LogP contribution in [0.15, 0.2) is 45.7 Å². The van der Waals surface area contributed by atoms with E-state index in [4.69, 9.17) is 4.42 Å². The molecule has 1 N–H and O–H groups in total. The number of rotatable bonds is 10. The topological polar surface area (TPSA) is 79.6 Å². The van der Waals surface area contributed by atoms with E-state index in [0.717, 1.165) is 42.5 Å². The van der Waals surface area contributed by atoms with Crippen molar-refractivity contribution in [3.8, 4) is 0 Å². The van der Waals surface area contributed by atoms with Crippen LogP contribution in [0.2, 0.25) is 0 Å². The third-order valence-electron chi connectivity index (χ3n) is 5.90. The fourth-order valence-electron chi connectivity index (χ4n) is 3.88. The van der Waals surface area contributed by atoms with Crippen molar-refractivity contribution in [1.82, 2.24) is 4.31 Å². The highest BCUT2D eigenvalue weighted by molar-refractivity contribution is 7.89. The summed E-state index contributed by atoms with van der Waals surface area (Å²) in [6.45, 7) is 10.8. The van der Waals surface area contributed by atoms with Crippen LogP contribution in [-0.4, -0.2) is 31.7 Å². The number of hydrogen-bond donors (Lipinski definition) is 1. The molecule has 0 bridgehead atoms. The quantitative estimate of drug-likeness (QED) is 0.382. The molecule has 33 heavy (non-hydrogen) atoms. The molecule has 0 saturated carbocycles. The van der Waals surface area contributed by atoms with Gasteiger partial charge < -0.3 is 9.73 Å². The van der Waals surface area contributed by atoms with Crippen LogP contribution in [0.5, 0.6) is 0 Å². The highest BCUT2D eigenvalue weighted by Gasteiger charge is 2.26. The molecule has 0 aliphatic carbocycles. The molecule has 0 aliphatic heterocycles. The molecule has 7 heteroatoms. The summed E-state index contributed by atoms with van der Waals surface area (Å²) in [4.78, 5) is 13.2. The van der Waals surface area contributed by atoms with Gasteiger partial charge in [0.2, 0.25) is 10.0 Å². The van der Waals surface area contributed by atoms with Gasteiger partial charge in [-0.3, -0.25) is 4.79 Å². The van der Waals surface area contributed by atoms with E-state index in [0.29, 0.717) is 29.6 Å². The first-order chi connectivity index (χ1) is 15.7. The van der Waals surface area contributed by atoms with Crippen LogP contribution in [0.1, 0.15) is 66.8 Å². The molecule has 1 aromatic heterocycles. The molecule has 0 spiro atoms. The number of aryl methyl sites for hydroxylation is 3. The lowest BCUT2D eigenvalue weighted by molar-refractivity contribution is 0.0998. The third-order valence-corrected chi connectivity index (χ3v) is 7.80. The normalized spacial score (nSPS) is 11.9. The Morgan fingerprint density at radius 3 is 2.24 bits per heavy atom. The Morgan fingerprint density at radius 2 is 1.64 bits per heavy atom. The molecule has 3 aromatic rings. The van der Waals surface area contributed by atoms with Crippen LogP contribution in [0.4, 0.5) is 5.69 Å². The smallest absolute Gasteiger partial charge is 0.291 e. The first kappa shape index (κ1) is 25.0. The summed E-state index contributed by atoms with van der Waals surface area (Å²) in [5, 5.41) is 3.54. The summed E-state index contributed by atoms with van der Waals surface area (Å²) in [5.74, 6) is -0.166. The summed E-state index contributed by atoms with van der Waals surface area (Å²) >= 11 is 0. The number of furan rings is 1. The summed E-state index contributed by atoms with van der Waals surface area (Å²) in [6.07, 6.45) is 3.49. The van der Waals surface area contributed by atoms with E-state index in [9.17, 15) is 13.2 Å². The minimum atomic E-state index is -3.63. The van der Waals surface area contributed by atoms with Gasteiger partial charge in [-0.05, 0) is 63.4 Å². The zero-order valence-electron chi connectivity index (χ0n) is 20.2. The summed E-state index contributed by atoms with van der Waals surface area (Å²) < 4.78 is 34.1. The van der Waals surface area contributed by atoms with Gasteiger partial charge in [0.05, 0.1) is 4.90 Å². The van der Waals surface area contributed by atoms with Crippen molar-refractivity contribution in [2.45, 2.75) is 65.2 Å². The van der Waals surface area contributed by atoms with Crippen molar-refractivity contribution >= 4 is 32.6 Å². The van der Waals surface area contributed by atoms with E-state index < -0.39 is 10.0 Å². The number of carbonyl (C=O) groups is 1. The molecule has 1 amide bonds. The predicted octanol–water partition coefficient (Wildman–Crippen LogP) is 6.20. The van der Waals surface area contributed by atoms with E-state index in [1.807, 2.05) is 32.0 Å². The van der Waals surface area contributed by atoms with E-state index in [2.05, 4.69) is 19.2 Å². The number of carbonyl (C=O) groups excluding carboxylic acids is 1. The average Bonchev–Trinajstić information content (AvgIpc) is 3.11. The van der Waals surface area contributed by atoms with Crippen LogP contribution in [-0.2, 0) is 10.0 Å². The molecule has 3 rings (SSSR count). The second kappa shape index (κ2) is 10.5. The summed E-state index contributed by atoms with van der Waals surface area (Å²) in [7, 11) is -3.63. The Bertz CT molecular complexity index is 1240. The zero-order chi connectivity index (χ0) is 24.2. The number of hydrogen-bond acceptors (Lipinski definition) is 4. The number of sulfonamides is 1. The fourth-order valence-corrected chi connectivity index (χ4v) is 5.42. The van der Waals surface area contributed by atoms with Gasteiger partial charge in [0, 0.05) is 29.7 Å². The van der Waals surface area contributed by atoms with Crippen LogP contribution < -0.4 is 5.32 Å². The molecule has 0 atom stereocenters. The monoisotopic (exact) mass is 470 g/mol. The highest BCUT2D eigenvalue weighted by Crippen LogP contribution is 2.30. The van der Waals surface area contributed by atoms with E-state index in [1.54, 1.807) is 29.4 Å². The molecule has 0 aliphatic rings. The molecule has 6 nitrogen and oxygen atoms in total. The molecule has 178 valence electrons. The van der Waals surface area contributed by atoms with Crippen LogP contribution in [0.25, 0.3) is 11.0 Å². The molecule has 0 fully saturated rings. The van der Waals surface area contributed by atoms with Crippen molar-refractivity contribution < 1.29 is 17.6 Å². The first-order valence-corrected chi connectivity index (χ1v) is 13.0. The first-order valence-electron chi connectivity index (χ1n) is 11.6. The minimum absolute atomic E-state index is 0.188. The van der Waals surface area contributed by atoms with Crippen molar-refractivity contribution in [2.75, 3.05) is 18.4 Å². The third kappa shape index (κ3) is 5.47. The molecule has 0 saturated heterocycles. The zero-order valence-corrected chi connectivity index (χ0v) is 21.0. The fraction of sp³-hybridized carbons (Fsp3) is 0.423. The highest BCUT2D eigenvalue weighted by atomic mass is 32.2. The molecule has 2 aromatic carbocycles. The second-order valence-corrected chi connectivity index (χ2v) is 10.5. The molecule has 1 heterocycles. The van der Waals surface area contributed by atoms with Gasteiger partial charge in [0.15, 0.2) is 5.76 Å². The minimum Gasteiger partial charge on any atom is -0.451 e. The Balaban J connectivity index is 1.93. The number of nitrogens with one attached hydrogen (secondary N) is 1. The van der Waals surface area contributed by atoms with Crippen molar-refractivity contribution in [1.29, 1.82) is 0 Å². The van der Waals surface area contributed by atoms with Gasteiger partial charge in [-0.15, -0.1) is 0 Å². The average molecular weight is 471 g/mol. The number of amides is 1. The SMILES string of the molecule is CCCCN(CCCC)S(=O)(=O)c1ccc2oc(C(=O)Nc3ccc(C)cc3C)c(C)c2c1. The maximum Gasteiger partial charge on any atom is 0.291 e. The van der Waals surface area contributed by atoms with Gasteiger partial charge in [0.1, 0.15) is 5.58 Å². The van der Waals surface area contributed by atoms with Crippen LogP contribution in [0, 0.1) is 20.8 Å². The van der Waals surface area contributed by atoms with Crippen molar-refractivity contribution in [3.05, 3.63) is 58.8 Å². The van der Waals surface area contributed by atoms with Gasteiger partial charge >= 0.3 is 0 Å². The number of nitrogens with zero attached hydrogens (tertiary/aromatic N) is 1. The predicted molar refractivity (Wildman–Crippen MR) is 133 cm³/mol. The molecule has 0 radical (unpaired) electrons. The lowest BCUT2D eigenvalue weighted by Gasteiger charge is -2.22. The number of fused-ring (bicyclic) bond motifs is 1. The van der Waals surface area contributed by atoms with E-state index >= 15 is 0 Å². The van der Waals surface area contributed by atoms with Crippen LogP contribution in [0.3, 0.4) is 0 Å². The Labute approximate surface area is 197 Å². The lowest BCUT2D eigenvalue weighted by Crippen LogP contribution is -2.33. The number of benzene rings is 2. The van der Waals surface area contributed by atoms with Gasteiger partial charge in [-0.25, -0.2) is 8.42 Å². The standard InChI is InChI=1S/C26H34N2O4S/c1-6-8-14-28(15-9-7-2)33(30,31)21-11-13-24-22(17-21)20(5)25(32-24)26(29)27-23-12-10-18(3)16-19(23)4/h10-13,16-17H,6-9,14-15H2,1-5H3,(H,27,29). The van der Waals surface area contributed by atoms with E-state index in [1.165, 1.54) is 0 Å². The number of unbranched alkanes of at least 4 members (excludes halogenated alkanes) is 2. The second-order valence-electron chi connectivity index (χ2n) is 8.60. The van der Waals surface area contributed by atoms with Crippen molar-refractivity contribution in [2.24, 2.45) is 0 Å². The van der Waals surface area contributed by atoms with Crippen molar-refractivity contribution in [3.63, 3.8) is 0 Å². The largest absolute Gasteiger partial charge is 0.451 e. The summed E-state index contributed by atoms with van der Waals surface area (Å²) in [5.41, 5.74) is 3.91. The molecular formula is C26H34N2O4S. The lowest BCUT2D eigenvalue weighted by atomic mass is 10.1. The molecule has 0 unspecified atom stereocenters. The Morgan fingerprint density at radius 1 is 0.970 bits per heavy atom.